The van der Waals surface area contributed by atoms with Crippen LogP contribution in [-0.4, -0.2) is 40.1 Å². The van der Waals surface area contributed by atoms with E-state index < -0.39 is 34.5 Å². The fourth-order valence-corrected chi connectivity index (χ4v) is 3.19. The number of benzene rings is 2. The SMILES string of the molecule is COc1ccccc1NC(=O)[C@H](C)OC(=O)CNS(=O)(=O)c1ccc(C#N)cc1. The summed E-state index contributed by atoms with van der Waals surface area (Å²) in [5.41, 5.74) is 0.711. The summed E-state index contributed by atoms with van der Waals surface area (Å²) >= 11 is 0. The molecular weight excluding hydrogens is 398 g/mol. The maximum absolute atomic E-state index is 12.2. The molecule has 10 heteroatoms. The zero-order valence-electron chi connectivity index (χ0n) is 15.7. The molecule has 0 unspecified atom stereocenters. The summed E-state index contributed by atoms with van der Waals surface area (Å²) < 4.78 is 36.5. The van der Waals surface area contributed by atoms with E-state index in [1.807, 2.05) is 6.07 Å². The number of nitrogens with one attached hydrogen (secondary N) is 2. The van der Waals surface area contributed by atoms with Crippen LogP contribution in [0.25, 0.3) is 0 Å². The molecule has 0 fully saturated rings. The predicted octanol–water partition coefficient (Wildman–Crippen LogP) is 1.42. The number of carbonyl (C=O) groups is 2. The third-order valence-electron chi connectivity index (χ3n) is 3.74. The van der Waals surface area contributed by atoms with E-state index in [-0.39, 0.29) is 4.90 Å². The summed E-state index contributed by atoms with van der Waals surface area (Å²) in [5, 5.41) is 11.3. The molecule has 1 amide bonds. The Bertz CT molecular complexity index is 1030. The van der Waals surface area contributed by atoms with Gasteiger partial charge < -0.3 is 14.8 Å². The highest BCUT2D eigenvalue weighted by Gasteiger charge is 2.21. The molecule has 0 aliphatic heterocycles. The maximum atomic E-state index is 12.2. The van der Waals surface area contributed by atoms with Gasteiger partial charge in [0.05, 0.1) is 29.3 Å². The van der Waals surface area contributed by atoms with Gasteiger partial charge in [-0.25, -0.2) is 8.42 Å². The second kappa shape index (κ2) is 9.68. The van der Waals surface area contributed by atoms with Crippen molar-refractivity contribution in [3.63, 3.8) is 0 Å². The van der Waals surface area contributed by atoms with Crippen LogP contribution in [0.4, 0.5) is 5.69 Å². The van der Waals surface area contributed by atoms with E-state index in [0.717, 1.165) is 0 Å². The molecule has 0 aliphatic carbocycles. The summed E-state index contributed by atoms with van der Waals surface area (Å²) in [6.45, 7) is 0.701. The lowest BCUT2D eigenvalue weighted by molar-refractivity contribution is -0.151. The number of amides is 1. The first-order valence-electron chi connectivity index (χ1n) is 8.40. The van der Waals surface area contributed by atoms with Crippen molar-refractivity contribution in [2.24, 2.45) is 0 Å². The minimum atomic E-state index is -3.97. The first kappa shape index (κ1) is 21.9. The molecule has 2 rings (SSSR count). The average molecular weight is 417 g/mol. The molecule has 0 heterocycles. The number of esters is 1. The van der Waals surface area contributed by atoms with Crippen molar-refractivity contribution in [1.82, 2.24) is 4.72 Å². The van der Waals surface area contributed by atoms with Crippen LogP contribution in [0.15, 0.2) is 53.4 Å². The van der Waals surface area contributed by atoms with Gasteiger partial charge in [-0.2, -0.15) is 9.98 Å². The number of nitriles is 1. The second-order valence-corrected chi connectivity index (χ2v) is 7.55. The van der Waals surface area contributed by atoms with Crippen LogP contribution in [0.3, 0.4) is 0 Å². The van der Waals surface area contributed by atoms with Crippen molar-refractivity contribution in [3.05, 3.63) is 54.1 Å². The van der Waals surface area contributed by atoms with Gasteiger partial charge in [-0.3, -0.25) is 9.59 Å². The molecule has 0 bridgehead atoms. The fourth-order valence-electron chi connectivity index (χ4n) is 2.22. The molecule has 2 N–H and O–H groups in total. The zero-order valence-corrected chi connectivity index (χ0v) is 16.5. The van der Waals surface area contributed by atoms with Crippen molar-refractivity contribution in [2.75, 3.05) is 19.0 Å². The number of hydrogen-bond acceptors (Lipinski definition) is 7. The largest absolute Gasteiger partial charge is 0.495 e. The van der Waals surface area contributed by atoms with Gasteiger partial charge in [0.15, 0.2) is 6.10 Å². The quantitative estimate of drug-likeness (QED) is 0.620. The Morgan fingerprint density at radius 3 is 2.41 bits per heavy atom. The number of hydrogen-bond donors (Lipinski definition) is 2. The second-order valence-electron chi connectivity index (χ2n) is 5.78. The molecule has 0 saturated heterocycles. The van der Waals surface area contributed by atoms with E-state index in [9.17, 15) is 18.0 Å². The van der Waals surface area contributed by atoms with E-state index in [2.05, 4.69) is 10.0 Å². The molecule has 0 aliphatic rings. The minimum absolute atomic E-state index is 0.105. The monoisotopic (exact) mass is 417 g/mol. The Morgan fingerprint density at radius 2 is 1.79 bits per heavy atom. The fraction of sp³-hybridized carbons (Fsp3) is 0.211. The van der Waals surface area contributed by atoms with Gasteiger partial charge in [0, 0.05) is 0 Å². The van der Waals surface area contributed by atoms with Gasteiger partial charge in [0.25, 0.3) is 5.91 Å². The lowest BCUT2D eigenvalue weighted by atomic mass is 10.2. The van der Waals surface area contributed by atoms with Gasteiger partial charge in [-0.05, 0) is 43.3 Å². The number of anilines is 1. The van der Waals surface area contributed by atoms with Gasteiger partial charge in [0.2, 0.25) is 10.0 Å². The maximum Gasteiger partial charge on any atom is 0.321 e. The van der Waals surface area contributed by atoms with Crippen molar-refractivity contribution >= 4 is 27.6 Å². The molecule has 2 aromatic carbocycles. The first-order valence-corrected chi connectivity index (χ1v) is 9.88. The lowest BCUT2D eigenvalue weighted by Crippen LogP contribution is -2.35. The van der Waals surface area contributed by atoms with Gasteiger partial charge >= 0.3 is 5.97 Å². The van der Waals surface area contributed by atoms with Gasteiger partial charge in [-0.15, -0.1) is 0 Å². The smallest absolute Gasteiger partial charge is 0.321 e. The van der Waals surface area contributed by atoms with Crippen LogP contribution in [-0.2, 0) is 24.3 Å². The van der Waals surface area contributed by atoms with Gasteiger partial charge in [0.1, 0.15) is 12.3 Å². The number of sulfonamides is 1. The predicted molar refractivity (Wildman–Crippen MR) is 104 cm³/mol. The highest BCUT2D eigenvalue weighted by atomic mass is 32.2. The van der Waals surface area contributed by atoms with Crippen LogP contribution in [0.5, 0.6) is 5.75 Å². The lowest BCUT2D eigenvalue weighted by Gasteiger charge is -2.15. The molecule has 0 radical (unpaired) electrons. The molecule has 0 saturated carbocycles. The zero-order chi connectivity index (χ0) is 21.4. The van der Waals surface area contributed by atoms with Crippen LogP contribution < -0.4 is 14.8 Å². The first-order chi connectivity index (χ1) is 13.8. The third-order valence-corrected chi connectivity index (χ3v) is 5.16. The molecular formula is C19H19N3O6S. The Morgan fingerprint density at radius 1 is 1.14 bits per heavy atom. The van der Waals surface area contributed by atoms with Crippen LogP contribution in [0.1, 0.15) is 12.5 Å². The van der Waals surface area contributed by atoms with Gasteiger partial charge in [-0.1, -0.05) is 12.1 Å². The van der Waals surface area contributed by atoms with Crippen molar-refractivity contribution in [1.29, 1.82) is 5.26 Å². The number of rotatable bonds is 8. The van der Waals surface area contributed by atoms with Crippen molar-refractivity contribution in [3.8, 4) is 11.8 Å². The molecule has 2 aromatic rings. The molecule has 0 aromatic heterocycles. The van der Waals surface area contributed by atoms with E-state index in [0.29, 0.717) is 17.0 Å². The topological polar surface area (TPSA) is 135 Å². The number of nitrogens with zero attached hydrogens (tertiary/aromatic N) is 1. The van der Waals surface area contributed by atoms with E-state index in [1.165, 1.54) is 38.3 Å². The summed E-state index contributed by atoms with van der Waals surface area (Å²) in [6, 6.07) is 13.8. The number of para-hydroxylation sites is 2. The highest BCUT2D eigenvalue weighted by molar-refractivity contribution is 7.89. The standard InChI is InChI=1S/C19H19N3O6S/c1-13(19(24)22-16-5-3-4-6-17(16)27-2)28-18(23)12-21-29(25,26)15-9-7-14(11-20)8-10-15/h3-10,13,21H,12H2,1-2H3,(H,22,24)/t13-/m0/s1. The Hall–Kier alpha value is -3.42. The highest BCUT2D eigenvalue weighted by Crippen LogP contribution is 2.23. The van der Waals surface area contributed by atoms with Crippen LogP contribution in [0.2, 0.25) is 0 Å². The van der Waals surface area contributed by atoms with Crippen molar-refractivity contribution in [2.45, 2.75) is 17.9 Å². The summed E-state index contributed by atoms with van der Waals surface area (Å²) in [7, 11) is -2.52. The van der Waals surface area contributed by atoms with E-state index in [1.54, 1.807) is 24.3 Å². The summed E-state index contributed by atoms with van der Waals surface area (Å²) in [6.07, 6.45) is -1.16. The Kier molecular flexibility index (Phi) is 7.30. The summed E-state index contributed by atoms with van der Waals surface area (Å²) in [4.78, 5) is 24.0. The van der Waals surface area contributed by atoms with Crippen LogP contribution >= 0.6 is 0 Å². The van der Waals surface area contributed by atoms with Crippen LogP contribution in [0, 0.1) is 11.3 Å². The summed E-state index contributed by atoms with van der Waals surface area (Å²) in [5.74, 6) is -1.09. The average Bonchev–Trinajstić information content (AvgIpc) is 2.72. The van der Waals surface area contributed by atoms with Crippen molar-refractivity contribution < 1.29 is 27.5 Å². The van der Waals surface area contributed by atoms with E-state index >= 15 is 0 Å². The molecule has 0 spiro atoms. The number of methoxy groups -OCH3 is 1. The molecule has 152 valence electrons. The molecule has 29 heavy (non-hydrogen) atoms. The van der Waals surface area contributed by atoms with E-state index in [4.69, 9.17) is 14.7 Å². The molecule has 1 atom stereocenters. The number of ether oxygens (including phenoxy) is 2. The normalized spacial score (nSPS) is 11.8. The number of carbonyl (C=O) groups excluding carboxylic acids is 2. The molecule has 9 nitrogen and oxygen atoms in total. The minimum Gasteiger partial charge on any atom is -0.495 e. The third kappa shape index (κ3) is 6.03. The Labute approximate surface area is 168 Å². The Balaban J connectivity index is 1.90.